The summed E-state index contributed by atoms with van der Waals surface area (Å²) in [7, 11) is -3.54. The van der Waals surface area contributed by atoms with Gasteiger partial charge in [0.25, 0.3) is 5.91 Å². The highest BCUT2D eigenvalue weighted by Gasteiger charge is 2.22. The third kappa shape index (κ3) is 4.67. The Balaban J connectivity index is 1.80. The summed E-state index contributed by atoms with van der Waals surface area (Å²) in [6, 6.07) is 12.0. The number of rotatable bonds is 7. The van der Waals surface area contributed by atoms with E-state index in [0.29, 0.717) is 24.5 Å². The number of carbonyl (C=O) groups excluding carboxylic acids is 1. The Bertz CT molecular complexity index is 1200. The van der Waals surface area contributed by atoms with E-state index in [0.717, 1.165) is 16.8 Å². The molecule has 8 nitrogen and oxygen atoms in total. The van der Waals surface area contributed by atoms with Crippen molar-refractivity contribution in [2.45, 2.75) is 39.5 Å². The predicted molar refractivity (Wildman–Crippen MR) is 120 cm³/mol. The molecule has 0 aliphatic carbocycles. The molecule has 3 aromatic rings. The molecule has 9 heteroatoms. The van der Waals surface area contributed by atoms with Crippen LogP contribution in [0.25, 0.3) is 5.69 Å². The smallest absolute Gasteiger partial charge is 0.278 e. The van der Waals surface area contributed by atoms with Gasteiger partial charge in [0.15, 0.2) is 5.69 Å². The molecule has 1 N–H and O–H groups in total. The van der Waals surface area contributed by atoms with Gasteiger partial charge in [-0.15, -0.1) is 5.10 Å². The van der Waals surface area contributed by atoms with Crippen LogP contribution in [0, 0.1) is 20.8 Å². The van der Waals surface area contributed by atoms with E-state index >= 15 is 0 Å². The van der Waals surface area contributed by atoms with Crippen LogP contribution >= 0.6 is 0 Å². The van der Waals surface area contributed by atoms with E-state index in [4.69, 9.17) is 0 Å². The molecule has 0 saturated heterocycles. The lowest BCUT2D eigenvalue weighted by Gasteiger charge is -2.18. The van der Waals surface area contributed by atoms with Crippen molar-refractivity contribution in [3.63, 3.8) is 0 Å². The van der Waals surface area contributed by atoms with Gasteiger partial charge in [-0.3, -0.25) is 4.79 Å². The second-order valence-electron chi connectivity index (χ2n) is 7.28. The third-order valence-corrected chi connectivity index (χ3v) is 7.08. The number of nitrogens with one attached hydrogen (secondary N) is 1. The fraction of sp³-hybridized carbons (Fsp3) is 0.318. The van der Waals surface area contributed by atoms with Crippen LogP contribution in [0.5, 0.6) is 0 Å². The van der Waals surface area contributed by atoms with E-state index in [9.17, 15) is 13.2 Å². The molecule has 0 fully saturated rings. The number of anilines is 1. The molecule has 0 aliphatic heterocycles. The monoisotopic (exact) mass is 441 g/mol. The maximum Gasteiger partial charge on any atom is 0.278 e. The first kappa shape index (κ1) is 22.6. The molecule has 0 saturated carbocycles. The molecule has 1 amide bonds. The minimum absolute atomic E-state index is 0.186. The van der Waals surface area contributed by atoms with Crippen LogP contribution in [0.2, 0.25) is 0 Å². The van der Waals surface area contributed by atoms with Gasteiger partial charge < -0.3 is 5.32 Å². The molecule has 31 heavy (non-hydrogen) atoms. The molecule has 0 bridgehead atoms. The number of hydrogen-bond donors (Lipinski definition) is 1. The van der Waals surface area contributed by atoms with E-state index in [1.165, 1.54) is 21.2 Å². The van der Waals surface area contributed by atoms with Crippen molar-refractivity contribution in [1.29, 1.82) is 0 Å². The van der Waals surface area contributed by atoms with Crippen LogP contribution in [0.15, 0.2) is 47.4 Å². The maximum absolute atomic E-state index is 12.7. The van der Waals surface area contributed by atoms with E-state index in [1.54, 1.807) is 32.9 Å². The molecule has 0 aliphatic rings. The lowest BCUT2D eigenvalue weighted by atomic mass is 10.1. The first-order valence-corrected chi connectivity index (χ1v) is 11.5. The molecular weight excluding hydrogens is 414 g/mol. The average molecular weight is 442 g/mol. The van der Waals surface area contributed by atoms with E-state index in [2.05, 4.69) is 15.5 Å². The first-order chi connectivity index (χ1) is 14.7. The highest BCUT2D eigenvalue weighted by Crippen LogP contribution is 2.20. The number of aromatic nitrogens is 3. The van der Waals surface area contributed by atoms with Crippen LogP contribution in [0.4, 0.5) is 5.69 Å². The Kier molecular flexibility index (Phi) is 6.56. The number of sulfonamides is 1. The van der Waals surface area contributed by atoms with Crippen molar-refractivity contribution >= 4 is 21.6 Å². The third-order valence-electron chi connectivity index (χ3n) is 5.02. The topological polar surface area (TPSA) is 97.2 Å². The molecule has 1 aromatic heterocycles. The number of carbonyl (C=O) groups is 1. The predicted octanol–water partition coefficient (Wildman–Crippen LogP) is 3.48. The van der Waals surface area contributed by atoms with Gasteiger partial charge >= 0.3 is 0 Å². The Morgan fingerprint density at radius 3 is 2.23 bits per heavy atom. The normalized spacial score (nSPS) is 11.7. The van der Waals surface area contributed by atoms with Crippen LogP contribution in [0.3, 0.4) is 0 Å². The number of aryl methyl sites for hydroxylation is 3. The van der Waals surface area contributed by atoms with Crippen LogP contribution < -0.4 is 5.32 Å². The van der Waals surface area contributed by atoms with Crippen LogP contribution in [0.1, 0.15) is 41.2 Å². The molecular formula is C22H27N5O3S. The van der Waals surface area contributed by atoms with Crippen LogP contribution in [-0.2, 0) is 10.0 Å². The average Bonchev–Trinajstić information content (AvgIpc) is 3.10. The standard InChI is InChI=1S/C22H27N5O3S/c1-6-26(7-2)31(29,30)19-11-9-18(10-12-19)23-22(28)21-17(5)24-27(25-21)20-13-8-15(3)14-16(20)4/h8-14H,6-7H2,1-5H3,(H,23,28). The Morgan fingerprint density at radius 1 is 1.00 bits per heavy atom. The minimum atomic E-state index is -3.54. The summed E-state index contributed by atoms with van der Waals surface area (Å²) in [6.45, 7) is 10.1. The van der Waals surface area contributed by atoms with E-state index < -0.39 is 15.9 Å². The lowest BCUT2D eigenvalue weighted by molar-refractivity contribution is 0.102. The van der Waals surface area contributed by atoms with Gasteiger partial charge in [-0.1, -0.05) is 31.5 Å². The molecule has 0 spiro atoms. The Labute approximate surface area is 182 Å². The Hall–Kier alpha value is -3.04. The van der Waals surface area contributed by atoms with Gasteiger partial charge in [-0.2, -0.15) is 14.2 Å². The summed E-state index contributed by atoms with van der Waals surface area (Å²) >= 11 is 0. The summed E-state index contributed by atoms with van der Waals surface area (Å²) in [4.78, 5) is 14.4. The maximum atomic E-state index is 12.7. The fourth-order valence-corrected chi connectivity index (χ4v) is 4.80. The molecule has 0 radical (unpaired) electrons. The summed E-state index contributed by atoms with van der Waals surface area (Å²) in [5.41, 5.74) is 4.13. The zero-order valence-corrected chi connectivity index (χ0v) is 19.2. The number of amides is 1. The number of nitrogens with zero attached hydrogens (tertiary/aromatic N) is 4. The molecule has 2 aromatic carbocycles. The van der Waals surface area contributed by atoms with Gasteiger partial charge in [-0.05, 0) is 56.7 Å². The highest BCUT2D eigenvalue weighted by atomic mass is 32.2. The second-order valence-corrected chi connectivity index (χ2v) is 9.22. The van der Waals surface area contributed by atoms with E-state index in [-0.39, 0.29) is 10.6 Å². The largest absolute Gasteiger partial charge is 0.321 e. The van der Waals surface area contributed by atoms with Crippen molar-refractivity contribution in [2.75, 3.05) is 18.4 Å². The second kappa shape index (κ2) is 8.99. The fourth-order valence-electron chi connectivity index (χ4n) is 3.34. The molecule has 3 rings (SSSR count). The van der Waals surface area contributed by atoms with Crippen molar-refractivity contribution in [3.05, 3.63) is 65.0 Å². The van der Waals surface area contributed by atoms with Gasteiger partial charge in [0.1, 0.15) is 0 Å². The van der Waals surface area contributed by atoms with Crippen molar-refractivity contribution in [2.24, 2.45) is 0 Å². The van der Waals surface area contributed by atoms with Gasteiger partial charge in [0.05, 0.1) is 16.3 Å². The number of benzene rings is 2. The van der Waals surface area contributed by atoms with Gasteiger partial charge in [0.2, 0.25) is 10.0 Å². The molecule has 0 atom stereocenters. The molecule has 0 unspecified atom stereocenters. The van der Waals surface area contributed by atoms with Crippen LogP contribution in [-0.4, -0.2) is 46.7 Å². The zero-order chi connectivity index (χ0) is 22.8. The van der Waals surface area contributed by atoms with Crippen molar-refractivity contribution < 1.29 is 13.2 Å². The van der Waals surface area contributed by atoms with Crippen molar-refractivity contribution in [1.82, 2.24) is 19.3 Å². The quantitative estimate of drug-likeness (QED) is 0.605. The number of hydrogen-bond acceptors (Lipinski definition) is 5. The first-order valence-electron chi connectivity index (χ1n) is 10.1. The zero-order valence-electron chi connectivity index (χ0n) is 18.4. The van der Waals surface area contributed by atoms with Gasteiger partial charge in [0, 0.05) is 18.8 Å². The van der Waals surface area contributed by atoms with Crippen molar-refractivity contribution in [3.8, 4) is 5.69 Å². The minimum Gasteiger partial charge on any atom is -0.321 e. The summed E-state index contributed by atoms with van der Waals surface area (Å²) in [5, 5.41) is 11.5. The van der Waals surface area contributed by atoms with E-state index in [1.807, 2.05) is 32.0 Å². The lowest BCUT2D eigenvalue weighted by Crippen LogP contribution is -2.30. The highest BCUT2D eigenvalue weighted by molar-refractivity contribution is 7.89. The Morgan fingerprint density at radius 2 is 1.65 bits per heavy atom. The summed E-state index contributed by atoms with van der Waals surface area (Å²) in [6.07, 6.45) is 0. The summed E-state index contributed by atoms with van der Waals surface area (Å²) < 4.78 is 26.6. The molecule has 164 valence electrons. The van der Waals surface area contributed by atoms with Gasteiger partial charge in [-0.25, -0.2) is 8.42 Å². The SMILES string of the molecule is CCN(CC)S(=O)(=O)c1ccc(NC(=O)c2nn(-c3ccc(C)cc3C)nc2C)cc1. The molecule has 1 heterocycles. The summed E-state index contributed by atoms with van der Waals surface area (Å²) in [5.74, 6) is -0.409.